The highest BCUT2D eigenvalue weighted by atomic mass is 28.3. The van der Waals surface area contributed by atoms with Crippen molar-refractivity contribution in [1.82, 2.24) is 14.5 Å². The molecule has 1 aliphatic rings. The summed E-state index contributed by atoms with van der Waals surface area (Å²) in [6, 6.07) is 62.9. The summed E-state index contributed by atoms with van der Waals surface area (Å²) in [6.45, 7) is 0. The van der Waals surface area contributed by atoms with Crippen LogP contribution in [0.4, 0.5) is 0 Å². The Kier molecular flexibility index (Phi) is 5.95. The standard InChI is InChI=1S/C46H29N3OSi/c1-4-16-30(17-5-1)45-47-42-36-24-12-15-27-40(36)51(31-18-6-2-7-19-31,32-20-8-3-9-21-32)44(42)46(48-45)49-37-25-13-10-23-35(37)41-38(49)29-28-34-33-22-11-14-26-39(33)50-43(34)41/h1-29H. The third-order valence-electron chi connectivity index (χ3n) is 10.7. The summed E-state index contributed by atoms with van der Waals surface area (Å²) in [5, 5.41) is 9.61. The van der Waals surface area contributed by atoms with Crippen molar-refractivity contribution in [3.8, 4) is 28.5 Å². The van der Waals surface area contributed by atoms with E-state index in [0.717, 1.165) is 60.8 Å². The van der Waals surface area contributed by atoms with Crippen LogP contribution in [0.2, 0.25) is 0 Å². The van der Waals surface area contributed by atoms with Crippen LogP contribution in [0.15, 0.2) is 180 Å². The molecule has 5 heteroatoms. The van der Waals surface area contributed by atoms with Gasteiger partial charge in [0, 0.05) is 32.5 Å². The fourth-order valence-electron chi connectivity index (χ4n) is 8.62. The fourth-order valence-corrected chi connectivity index (χ4v) is 13.8. The molecule has 11 rings (SSSR count). The molecule has 10 aromatic rings. The first-order valence-electron chi connectivity index (χ1n) is 17.3. The van der Waals surface area contributed by atoms with E-state index in [1.807, 2.05) is 12.1 Å². The average molecular weight is 668 g/mol. The van der Waals surface area contributed by atoms with Crippen LogP contribution in [-0.4, -0.2) is 22.6 Å². The topological polar surface area (TPSA) is 43.9 Å². The highest BCUT2D eigenvalue weighted by Gasteiger charge is 2.52. The zero-order chi connectivity index (χ0) is 33.5. The Bertz CT molecular complexity index is 2930. The normalized spacial score (nSPS) is 13.3. The molecule has 238 valence electrons. The van der Waals surface area contributed by atoms with E-state index in [1.165, 1.54) is 26.3 Å². The summed E-state index contributed by atoms with van der Waals surface area (Å²) < 4.78 is 9.09. The van der Waals surface area contributed by atoms with E-state index in [2.05, 4.69) is 168 Å². The lowest BCUT2D eigenvalue weighted by molar-refractivity contribution is 0.673. The first-order valence-corrected chi connectivity index (χ1v) is 19.3. The number of hydrogen-bond acceptors (Lipinski definition) is 3. The number of fused-ring (bicyclic) bond motifs is 10. The number of para-hydroxylation sites is 2. The van der Waals surface area contributed by atoms with Gasteiger partial charge in [0.2, 0.25) is 0 Å². The van der Waals surface area contributed by atoms with Gasteiger partial charge < -0.3 is 4.42 Å². The summed E-state index contributed by atoms with van der Waals surface area (Å²) in [5.41, 5.74) is 7.09. The minimum Gasteiger partial charge on any atom is -0.455 e. The second-order valence-electron chi connectivity index (χ2n) is 13.3. The van der Waals surface area contributed by atoms with E-state index in [4.69, 9.17) is 14.4 Å². The first-order chi connectivity index (χ1) is 25.3. The molecule has 0 N–H and O–H groups in total. The van der Waals surface area contributed by atoms with Crippen LogP contribution >= 0.6 is 0 Å². The number of hydrogen-bond donors (Lipinski definition) is 0. The van der Waals surface area contributed by atoms with Crippen LogP contribution in [0.25, 0.3) is 72.2 Å². The van der Waals surface area contributed by atoms with E-state index < -0.39 is 8.07 Å². The molecule has 7 aromatic carbocycles. The van der Waals surface area contributed by atoms with E-state index >= 15 is 0 Å². The lowest BCUT2D eigenvalue weighted by atomic mass is 10.1. The van der Waals surface area contributed by atoms with Gasteiger partial charge in [-0.2, -0.15) is 0 Å². The Morgan fingerprint density at radius 3 is 1.88 bits per heavy atom. The van der Waals surface area contributed by atoms with Crippen molar-refractivity contribution in [3.63, 3.8) is 0 Å². The Morgan fingerprint density at radius 2 is 1.12 bits per heavy atom. The zero-order valence-corrected chi connectivity index (χ0v) is 28.5. The summed E-state index contributed by atoms with van der Waals surface area (Å²) >= 11 is 0. The first kappa shape index (κ1) is 28.3. The van der Waals surface area contributed by atoms with Crippen LogP contribution < -0.4 is 20.7 Å². The largest absolute Gasteiger partial charge is 0.455 e. The summed E-state index contributed by atoms with van der Waals surface area (Å²) in [6.07, 6.45) is 0. The zero-order valence-electron chi connectivity index (χ0n) is 27.5. The lowest BCUT2D eigenvalue weighted by Crippen LogP contribution is -2.73. The third-order valence-corrected chi connectivity index (χ3v) is 15.5. The van der Waals surface area contributed by atoms with Gasteiger partial charge >= 0.3 is 0 Å². The molecule has 4 nitrogen and oxygen atoms in total. The van der Waals surface area contributed by atoms with Crippen molar-refractivity contribution < 1.29 is 4.42 Å². The maximum atomic E-state index is 6.70. The predicted octanol–water partition coefficient (Wildman–Crippen LogP) is 8.50. The van der Waals surface area contributed by atoms with Crippen LogP contribution in [0.5, 0.6) is 0 Å². The Balaban J connectivity index is 1.37. The molecule has 0 saturated carbocycles. The summed E-state index contributed by atoms with van der Waals surface area (Å²) in [4.78, 5) is 11.2. The smallest absolute Gasteiger partial charge is 0.187 e. The minimum atomic E-state index is -2.97. The molecule has 0 saturated heterocycles. The molecular weight excluding hydrogens is 639 g/mol. The molecule has 0 fully saturated rings. The van der Waals surface area contributed by atoms with Crippen molar-refractivity contribution in [2.24, 2.45) is 0 Å². The Hall–Kier alpha value is -6.56. The van der Waals surface area contributed by atoms with Gasteiger partial charge in [-0.05, 0) is 39.8 Å². The third kappa shape index (κ3) is 3.84. The number of benzene rings is 7. The fraction of sp³-hybridized carbons (Fsp3) is 0. The van der Waals surface area contributed by atoms with Crippen molar-refractivity contribution in [1.29, 1.82) is 0 Å². The molecule has 1 aliphatic heterocycles. The highest BCUT2D eigenvalue weighted by molar-refractivity contribution is 7.22. The van der Waals surface area contributed by atoms with Gasteiger partial charge in [-0.3, -0.25) is 4.57 Å². The monoisotopic (exact) mass is 667 g/mol. The van der Waals surface area contributed by atoms with Gasteiger partial charge in [0.1, 0.15) is 17.0 Å². The van der Waals surface area contributed by atoms with Crippen molar-refractivity contribution in [3.05, 3.63) is 176 Å². The number of aromatic nitrogens is 3. The Morgan fingerprint density at radius 1 is 0.490 bits per heavy atom. The quantitative estimate of drug-likeness (QED) is 0.177. The van der Waals surface area contributed by atoms with E-state index in [9.17, 15) is 0 Å². The molecule has 0 amide bonds. The molecule has 0 atom stereocenters. The molecule has 4 heterocycles. The number of nitrogens with zero attached hydrogens (tertiary/aromatic N) is 3. The maximum Gasteiger partial charge on any atom is 0.187 e. The SMILES string of the molecule is c1ccc(-c2nc3c(c(-n4c5ccccc5c5c6oc7ccccc7c6ccc54)n2)[Si](c2ccccc2)(c2ccccc2)c2ccccc2-3)cc1. The van der Waals surface area contributed by atoms with Gasteiger partial charge in [-0.15, -0.1) is 0 Å². The van der Waals surface area contributed by atoms with Crippen LogP contribution in [0.3, 0.4) is 0 Å². The van der Waals surface area contributed by atoms with Gasteiger partial charge in [0.15, 0.2) is 13.9 Å². The maximum absolute atomic E-state index is 6.70. The molecule has 0 unspecified atom stereocenters. The lowest BCUT2D eigenvalue weighted by Gasteiger charge is -2.32. The molecule has 51 heavy (non-hydrogen) atoms. The second-order valence-corrected chi connectivity index (χ2v) is 17.0. The van der Waals surface area contributed by atoms with Crippen molar-refractivity contribution in [2.75, 3.05) is 0 Å². The molecule has 0 bridgehead atoms. The van der Waals surface area contributed by atoms with E-state index in [0.29, 0.717) is 5.82 Å². The van der Waals surface area contributed by atoms with Crippen molar-refractivity contribution >= 4 is 72.6 Å². The van der Waals surface area contributed by atoms with E-state index in [-0.39, 0.29) is 0 Å². The molecule has 0 aliphatic carbocycles. The van der Waals surface area contributed by atoms with Crippen LogP contribution in [0, 0.1) is 0 Å². The average Bonchev–Trinajstić information content (AvgIpc) is 3.85. The van der Waals surface area contributed by atoms with Gasteiger partial charge in [-0.25, -0.2) is 9.97 Å². The number of furan rings is 1. The van der Waals surface area contributed by atoms with E-state index in [1.54, 1.807) is 0 Å². The Labute approximate surface area is 294 Å². The van der Waals surface area contributed by atoms with Crippen LogP contribution in [-0.2, 0) is 0 Å². The predicted molar refractivity (Wildman–Crippen MR) is 212 cm³/mol. The minimum absolute atomic E-state index is 0.709. The molecule has 3 aromatic heterocycles. The summed E-state index contributed by atoms with van der Waals surface area (Å²) in [7, 11) is -2.97. The molecule has 0 spiro atoms. The van der Waals surface area contributed by atoms with Crippen molar-refractivity contribution in [2.45, 2.75) is 0 Å². The van der Waals surface area contributed by atoms with Crippen LogP contribution in [0.1, 0.15) is 0 Å². The molecule has 0 radical (unpaired) electrons. The number of rotatable bonds is 4. The second kappa shape index (κ2) is 10.7. The summed E-state index contributed by atoms with van der Waals surface area (Å²) in [5.74, 6) is 1.62. The van der Waals surface area contributed by atoms with Gasteiger partial charge in [-0.1, -0.05) is 152 Å². The van der Waals surface area contributed by atoms with Gasteiger partial charge in [0.25, 0.3) is 0 Å². The highest BCUT2D eigenvalue weighted by Crippen LogP contribution is 2.41. The van der Waals surface area contributed by atoms with Gasteiger partial charge in [0.05, 0.1) is 22.1 Å². The molecular formula is C46H29N3OSi.